The first-order chi connectivity index (χ1) is 16.3. The average molecular weight is 482 g/mol. The van der Waals surface area contributed by atoms with Crippen molar-refractivity contribution in [3.05, 3.63) is 24.0 Å². The molecule has 0 amide bonds. The fourth-order valence-electron chi connectivity index (χ4n) is 3.94. The largest absolute Gasteiger partial charge is 0.511 e. The number of rotatable bonds is 19. The summed E-state index contributed by atoms with van der Waals surface area (Å²) in [4.78, 5) is 23.9. The van der Waals surface area contributed by atoms with Crippen LogP contribution in [0.2, 0.25) is 0 Å². The maximum atomic E-state index is 12.4. The van der Waals surface area contributed by atoms with E-state index in [1.807, 2.05) is 10.8 Å². The first kappa shape index (κ1) is 30.0. The maximum Gasteiger partial charge on any atom is 0.511 e. The molecule has 1 rings (SSSR count). The van der Waals surface area contributed by atoms with Gasteiger partial charge in [0, 0.05) is 33.0 Å². The van der Waals surface area contributed by atoms with Crippen molar-refractivity contribution in [2.24, 2.45) is 5.41 Å². The molecule has 0 aliphatic heterocycles. The van der Waals surface area contributed by atoms with Crippen LogP contribution in [0.3, 0.4) is 0 Å². The maximum absolute atomic E-state index is 12.4. The normalized spacial score (nSPS) is 12.4. The van der Waals surface area contributed by atoms with Crippen molar-refractivity contribution in [1.82, 2.24) is 4.57 Å². The molecule has 0 spiro atoms. The van der Waals surface area contributed by atoms with Gasteiger partial charge in [-0.2, -0.15) is 0 Å². The van der Waals surface area contributed by atoms with E-state index in [0.717, 1.165) is 13.0 Å². The van der Waals surface area contributed by atoms with Crippen LogP contribution in [0.4, 0.5) is 4.79 Å². The monoisotopic (exact) mass is 481 g/mol. The summed E-state index contributed by atoms with van der Waals surface area (Å²) in [6.07, 6.45) is 16.3. The molecule has 1 unspecified atom stereocenters. The second kappa shape index (κ2) is 17.4. The van der Waals surface area contributed by atoms with Gasteiger partial charge in [-0.1, -0.05) is 85.0 Å². The molecular weight excluding hydrogens is 434 g/mol. The van der Waals surface area contributed by atoms with E-state index in [1.165, 1.54) is 78.2 Å². The molecule has 7 heteroatoms. The van der Waals surface area contributed by atoms with Crippen molar-refractivity contribution in [3.63, 3.8) is 0 Å². The van der Waals surface area contributed by atoms with Gasteiger partial charge in [0.05, 0.1) is 12.2 Å². The first-order valence-electron chi connectivity index (χ1n) is 13.0. The molecular formula is C27H47NO6. The predicted molar refractivity (Wildman–Crippen MR) is 134 cm³/mol. The van der Waals surface area contributed by atoms with Crippen LogP contribution in [0.15, 0.2) is 18.5 Å². The van der Waals surface area contributed by atoms with Crippen LogP contribution in [-0.2, 0) is 25.5 Å². The van der Waals surface area contributed by atoms with Gasteiger partial charge in [-0.25, -0.2) is 9.59 Å². The lowest BCUT2D eigenvalue weighted by Crippen LogP contribution is -2.23. The SMILES string of the molecule is CCCCCCCCCCCCC(C)(C)Cn1ccc(C(=O)OC(C)OC(=O)OCCOC)c1. The molecule has 0 saturated carbocycles. The van der Waals surface area contributed by atoms with Crippen molar-refractivity contribution >= 4 is 12.1 Å². The average Bonchev–Trinajstić information content (AvgIpc) is 3.23. The molecule has 1 atom stereocenters. The molecule has 0 radical (unpaired) electrons. The Bertz CT molecular complexity index is 684. The summed E-state index contributed by atoms with van der Waals surface area (Å²) in [5.41, 5.74) is 0.570. The summed E-state index contributed by atoms with van der Waals surface area (Å²) < 4.78 is 21.7. The van der Waals surface area contributed by atoms with Crippen molar-refractivity contribution in [2.45, 2.75) is 111 Å². The lowest BCUT2D eigenvalue weighted by Gasteiger charge is -2.25. The summed E-state index contributed by atoms with van der Waals surface area (Å²) in [5.74, 6) is -0.538. The van der Waals surface area contributed by atoms with E-state index in [9.17, 15) is 9.59 Å². The molecule has 196 valence electrons. The Morgan fingerprint density at radius 3 is 2.18 bits per heavy atom. The van der Waals surface area contributed by atoms with Crippen molar-refractivity contribution < 1.29 is 28.5 Å². The Labute approximate surface area is 206 Å². The van der Waals surface area contributed by atoms with Gasteiger partial charge in [0.1, 0.15) is 6.61 Å². The second-order valence-electron chi connectivity index (χ2n) is 9.85. The molecule has 0 aliphatic rings. The molecule has 0 aromatic carbocycles. The number of hydrogen-bond donors (Lipinski definition) is 0. The Morgan fingerprint density at radius 1 is 0.941 bits per heavy atom. The van der Waals surface area contributed by atoms with Gasteiger partial charge in [0.25, 0.3) is 0 Å². The van der Waals surface area contributed by atoms with Gasteiger partial charge in [0.2, 0.25) is 6.29 Å². The Hall–Kier alpha value is -2.02. The zero-order chi connectivity index (χ0) is 25.2. The van der Waals surface area contributed by atoms with Crippen molar-refractivity contribution in [1.29, 1.82) is 0 Å². The minimum absolute atomic E-state index is 0.0771. The number of carbonyl (C=O) groups is 2. The zero-order valence-electron chi connectivity index (χ0n) is 22.1. The highest BCUT2D eigenvalue weighted by molar-refractivity contribution is 5.89. The van der Waals surface area contributed by atoms with E-state index in [1.54, 1.807) is 12.3 Å². The lowest BCUT2D eigenvalue weighted by molar-refractivity contribution is -0.0839. The molecule has 1 heterocycles. The van der Waals surface area contributed by atoms with Crippen LogP contribution >= 0.6 is 0 Å². The third kappa shape index (κ3) is 14.3. The third-order valence-corrected chi connectivity index (χ3v) is 5.85. The van der Waals surface area contributed by atoms with Gasteiger partial charge in [-0.3, -0.25) is 0 Å². The van der Waals surface area contributed by atoms with Gasteiger partial charge in [0.15, 0.2) is 0 Å². The standard InChI is InChI=1S/C27H47NO6/c1-6-7-8-9-10-11-12-13-14-15-17-27(3,4)22-28-18-16-24(21-28)25(29)33-23(2)34-26(30)32-20-19-31-5/h16,18,21,23H,6-15,17,19-20,22H2,1-5H3. The summed E-state index contributed by atoms with van der Waals surface area (Å²) in [6, 6.07) is 1.72. The fraction of sp³-hybridized carbons (Fsp3) is 0.778. The van der Waals surface area contributed by atoms with E-state index in [4.69, 9.17) is 18.9 Å². The van der Waals surface area contributed by atoms with Crippen LogP contribution in [0.1, 0.15) is 109 Å². The molecule has 7 nitrogen and oxygen atoms in total. The molecule has 0 saturated heterocycles. The van der Waals surface area contributed by atoms with Crippen molar-refractivity contribution in [2.75, 3.05) is 20.3 Å². The van der Waals surface area contributed by atoms with E-state index in [2.05, 4.69) is 20.8 Å². The van der Waals surface area contributed by atoms with Gasteiger partial charge in [-0.05, 0) is 17.9 Å². The van der Waals surface area contributed by atoms with Gasteiger partial charge >= 0.3 is 12.1 Å². The van der Waals surface area contributed by atoms with E-state index >= 15 is 0 Å². The van der Waals surface area contributed by atoms with E-state index in [0.29, 0.717) is 5.56 Å². The number of aromatic nitrogens is 1. The number of unbranched alkanes of at least 4 members (excludes halogenated alkanes) is 9. The second-order valence-corrected chi connectivity index (χ2v) is 9.85. The highest BCUT2D eigenvalue weighted by Crippen LogP contribution is 2.27. The highest BCUT2D eigenvalue weighted by Gasteiger charge is 2.21. The number of methoxy groups -OCH3 is 1. The molecule has 1 aromatic heterocycles. The van der Waals surface area contributed by atoms with Crippen LogP contribution in [0, 0.1) is 5.41 Å². The van der Waals surface area contributed by atoms with E-state index < -0.39 is 18.4 Å². The number of hydrogen-bond acceptors (Lipinski definition) is 6. The molecule has 0 N–H and O–H groups in total. The first-order valence-corrected chi connectivity index (χ1v) is 13.0. The number of esters is 1. The van der Waals surface area contributed by atoms with Gasteiger partial charge in [-0.15, -0.1) is 0 Å². The number of carbonyl (C=O) groups excluding carboxylic acids is 2. The summed E-state index contributed by atoms with van der Waals surface area (Å²) in [7, 11) is 1.50. The number of ether oxygens (including phenoxy) is 4. The Balaban J connectivity index is 2.27. The molecule has 1 aromatic rings. The lowest BCUT2D eigenvalue weighted by atomic mass is 9.86. The molecule has 34 heavy (non-hydrogen) atoms. The van der Waals surface area contributed by atoms with E-state index in [-0.39, 0.29) is 18.6 Å². The van der Waals surface area contributed by atoms with Crippen molar-refractivity contribution in [3.8, 4) is 0 Å². The van der Waals surface area contributed by atoms with Crippen LogP contribution < -0.4 is 0 Å². The zero-order valence-corrected chi connectivity index (χ0v) is 22.1. The van der Waals surface area contributed by atoms with Crippen LogP contribution in [0.25, 0.3) is 0 Å². The van der Waals surface area contributed by atoms with Gasteiger partial charge < -0.3 is 23.5 Å². The molecule has 0 fully saturated rings. The summed E-state index contributed by atoms with van der Waals surface area (Å²) in [6.45, 7) is 9.45. The Morgan fingerprint density at radius 2 is 1.56 bits per heavy atom. The minimum Gasteiger partial charge on any atom is -0.432 e. The predicted octanol–water partition coefficient (Wildman–Crippen LogP) is 7.13. The quantitative estimate of drug-likeness (QED) is 0.119. The number of nitrogens with zero attached hydrogens (tertiary/aromatic N) is 1. The van der Waals surface area contributed by atoms with Crippen LogP contribution in [0.5, 0.6) is 0 Å². The topological polar surface area (TPSA) is 76.0 Å². The fourth-order valence-corrected chi connectivity index (χ4v) is 3.94. The third-order valence-electron chi connectivity index (χ3n) is 5.85. The Kier molecular flexibility index (Phi) is 15.4. The summed E-state index contributed by atoms with van der Waals surface area (Å²) >= 11 is 0. The highest BCUT2D eigenvalue weighted by atomic mass is 16.8. The summed E-state index contributed by atoms with van der Waals surface area (Å²) in [5, 5.41) is 0. The molecule has 0 bridgehead atoms. The smallest absolute Gasteiger partial charge is 0.432 e. The van der Waals surface area contributed by atoms with Crippen LogP contribution in [-0.4, -0.2) is 43.3 Å². The minimum atomic E-state index is -1.04. The molecule has 0 aliphatic carbocycles.